The van der Waals surface area contributed by atoms with E-state index in [0.29, 0.717) is 18.7 Å². The number of carbonyl (C=O) groups excluding carboxylic acids is 1. The van der Waals surface area contributed by atoms with Crippen LogP contribution in [0.4, 0.5) is 0 Å². The van der Waals surface area contributed by atoms with E-state index in [0.717, 1.165) is 5.56 Å². The van der Waals surface area contributed by atoms with Crippen LogP contribution >= 0.6 is 0 Å². The standard InChI is InChI=1S/C11H16N4O/c1-8-2-4-9(5-3-8)10(16)14-6-7-15-11(12)13/h2-5H,6-7H2,1H3,(H,14,16)(H4,12,13,15). The zero-order valence-electron chi connectivity index (χ0n) is 9.23. The lowest BCUT2D eigenvalue weighted by molar-refractivity contribution is 0.0955. The Morgan fingerprint density at radius 1 is 1.31 bits per heavy atom. The first-order valence-electron chi connectivity index (χ1n) is 5.00. The predicted octanol–water partition coefficient (Wildman–Crippen LogP) is -0.00178. The van der Waals surface area contributed by atoms with Crippen LogP contribution in [-0.2, 0) is 0 Å². The van der Waals surface area contributed by atoms with Crippen LogP contribution in [0.25, 0.3) is 0 Å². The summed E-state index contributed by atoms with van der Waals surface area (Å²) in [6.07, 6.45) is 0. The molecule has 0 saturated carbocycles. The molecular weight excluding hydrogens is 204 g/mol. The van der Waals surface area contributed by atoms with Crippen LogP contribution in [0, 0.1) is 6.92 Å². The minimum absolute atomic E-state index is 0.0320. The number of guanidine groups is 1. The van der Waals surface area contributed by atoms with Gasteiger partial charge >= 0.3 is 0 Å². The number of amides is 1. The summed E-state index contributed by atoms with van der Waals surface area (Å²) in [5.41, 5.74) is 12.1. The molecule has 0 saturated heterocycles. The molecule has 0 aromatic heterocycles. The quantitative estimate of drug-likeness (QED) is 0.378. The van der Waals surface area contributed by atoms with E-state index in [1.54, 1.807) is 12.1 Å². The van der Waals surface area contributed by atoms with Gasteiger partial charge in [-0.05, 0) is 19.1 Å². The third kappa shape index (κ3) is 4.00. The summed E-state index contributed by atoms with van der Waals surface area (Å²) in [6.45, 7) is 2.78. The number of nitrogens with zero attached hydrogens (tertiary/aromatic N) is 1. The lowest BCUT2D eigenvalue weighted by atomic mass is 10.1. The van der Waals surface area contributed by atoms with Gasteiger partial charge in [0.1, 0.15) is 0 Å². The van der Waals surface area contributed by atoms with Gasteiger partial charge in [0, 0.05) is 12.1 Å². The normalized spacial score (nSPS) is 9.56. The van der Waals surface area contributed by atoms with Crippen molar-refractivity contribution in [2.45, 2.75) is 6.92 Å². The minimum atomic E-state index is -0.120. The van der Waals surface area contributed by atoms with Crippen LogP contribution in [0.1, 0.15) is 15.9 Å². The molecule has 0 aliphatic heterocycles. The van der Waals surface area contributed by atoms with Gasteiger partial charge in [0.05, 0.1) is 6.54 Å². The Labute approximate surface area is 94.5 Å². The van der Waals surface area contributed by atoms with Crippen molar-refractivity contribution in [3.63, 3.8) is 0 Å². The van der Waals surface area contributed by atoms with Gasteiger partial charge in [-0.3, -0.25) is 9.79 Å². The Bertz CT molecular complexity index is 379. The highest BCUT2D eigenvalue weighted by molar-refractivity contribution is 5.94. The second-order valence-electron chi connectivity index (χ2n) is 3.43. The molecule has 1 rings (SSSR count). The SMILES string of the molecule is Cc1ccc(C(=O)NCCN=C(N)N)cc1. The van der Waals surface area contributed by atoms with Crippen molar-refractivity contribution >= 4 is 11.9 Å². The summed E-state index contributed by atoms with van der Waals surface area (Å²) in [5, 5.41) is 2.72. The Balaban J connectivity index is 2.41. The summed E-state index contributed by atoms with van der Waals surface area (Å²) in [5.74, 6) is -0.0876. The van der Waals surface area contributed by atoms with Crippen LogP contribution in [0.15, 0.2) is 29.3 Å². The molecule has 86 valence electrons. The van der Waals surface area contributed by atoms with Gasteiger partial charge in [-0.1, -0.05) is 17.7 Å². The highest BCUT2D eigenvalue weighted by Crippen LogP contribution is 2.02. The van der Waals surface area contributed by atoms with E-state index in [2.05, 4.69) is 10.3 Å². The second kappa shape index (κ2) is 5.75. The molecule has 5 N–H and O–H groups in total. The second-order valence-corrected chi connectivity index (χ2v) is 3.43. The molecular formula is C11H16N4O. The van der Waals surface area contributed by atoms with Gasteiger partial charge in [-0.15, -0.1) is 0 Å². The van der Waals surface area contributed by atoms with Crippen molar-refractivity contribution in [3.8, 4) is 0 Å². The molecule has 1 amide bonds. The first kappa shape index (κ1) is 12.0. The smallest absolute Gasteiger partial charge is 0.251 e. The molecule has 0 unspecified atom stereocenters. The summed E-state index contributed by atoms with van der Waals surface area (Å²) in [7, 11) is 0. The average Bonchev–Trinajstić information content (AvgIpc) is 2.25. The third-order valence-corrected chi connectivity index (χ3v) is 2.01. The molecule has 16 heavy (non-hydrogen) atoms. The number of rotatable bonds is 4. The van der Waals surface area contributed by atoms with Gasteiger partial charge < -0.3 is 16.8 Å². The zero-order valence-corrected chi connectivity index (χ0v) is 9.23. The Morgan fingerprint density at radius 2 is 1.94 bits per heavy atom. The van der Waals surface area contributed by atoms with Crippen LogP contribution in [0.3, 0.4) is 0 Å². The molecule has 0 atom stereocenters. The lowest BCUT2D eigenvalue weighted by Gasteiger charge is -2.03. The Kier molecular flexibility index (Phi) is 4.32. The average molecular weight is 220 g/mol. The number of nitrogens with two attached hydrogens (primary N) is 2. The lowest BCUT2D eigenvalue weighted by Crippen LogP contribution is -2.28. The molecule has 0 bridgehead atoms. The summed E-state index contributed by atoms with van der Waals surface area (Å²) in [6, 6.07) is 7.35. The van der Waals surface area contributed by atoms with Crippen molar-refractivity contribution in [2.24, 2.45) is 16.5 Å². The van der Waals surface area contributed by atoms with Gasteiger partial charge in [0.2, 0.25) is 0 Å². The maximum atomic E-state index is 11.6. The molecule has 0 radical (unpaired) electrons. The van der Waals surface area contributed by atoms with Crippen LogP contribution in [0.2, 0.25) is 0 Å². The minimum Gasteiger partial charge on any atom is -0.370 e. The van der Waals surface area contributed by atoms with Crippen molar-refractivity contribution in [2.75, 3.05) is 13.1 Å². The topological polar surface area (TPSA) is 93.5 Å². The third-order valence-electron chi connectivity index (χ3n) is 2.01. The Hall–Kier alpha value is -2.04. The van der Waals surface area contributed by atoms with E-state index in [-0.39, 0.29) is 11.9 Å². The molecule has 0 aliphatic carbocycles. The fourth-order valence-electron chi connectivity index (χ4n) is 1.16. The van der Waals surface area contributed by atoms with Gasteiger partial charge in [-0.25, -0.2) is 0 Å². The number of nitrogens with one attached hydrogen (secondary N) is 1. The van der Waals surface area contributed by atoms with Crippen LogP contribution < -0.4 is 16.8 Å². The van der Waals surface area contributed by atoms with Crippen molar-refractivity contribution in [3.05, 3.63) is 35.4 Å². The maximum absolute atomic E-state index is 11.6. The van der Waals surface area contributed by atoms with E-state index in [4.69, 9.17) is 11.5 Å². The van der Waals surface area contributed by atoms with E-state index >= 15 is 0 Å². The fourth-order valence-corrected chi connectivity index (χ4v) is 1.16. The summed E-state index contributed by atoms with van der Waals surface area (Å²) in [4.78, 5) is 15.3. The maximum Gasteiger partial charge on any atom is 0.251 e. The predicted molar refractivity (Wildman–Crippen MR) is 64.2 cm³/mol. The van der Waals surface area contributed by atoms with E-state index in [1.165, 1.54) is 0 Å². The molecule has 0 aliphatic rings. The number of hydrogen-bond donors (Lipinski definition) is 3. The van der Waals surface area contributed by atoms with Gasteiger partial charge in [0.15, 0.2) is 5.96 Å². The van der Waals surface area contributed by atoms with Crippen molar-refractivity contribution in [1.29, 1.82) is 0 Å². The number of aryl methyl sites for hydroxylation is 1. The molecule has 0 fully saturated rings. The molecule has 5 nitrogen and oxygen atoms in total. The van der Waals surface area contributed by atoms with Gasteiger partial charge in [0.25, 0.3) is 5.91 Å². The molecule has 5 heteroatoms. The first-order chi connectivity index (χ1) is 7.59. The number of aliphatic imine (C=N–C) groups is 1. The Morgan fingerprint density at radius 3 is 2.50 bits per heavy atom. The fraction of sp³-hybridized carbons (Fsp3) is 0.273. The largest absolute Gasteiger partial charge is 0.370 e. The zero-order chi connectivity index (χ0) is 12.0. The van der Waals surface area contributed by atoms with Crippen LogP contribution in [-0.4, -0.2) is 25.0 Å². The molecule has 1 aromatic carbocycles. The number of hydrogen-bond acceptors (Lipinski definition) is 2. The molecule has 0 heterocycles. The van der Waals surface area contributed by atoms with E-state index < -0.39 is 0 Å². The number of carbonyl (C=O) groups is 1. The van der Waals surface area contributed by atoms with Crippen LogP contribution in [0.5, 0.6) is 0 Å². The summed E-state index contributed by atoms with van der Waals surface area (Å²) >= 11 is 0. The summed E-state index contributed by atoms with van der Waals surface area (Å²) < 4.78 is 0. The monoisotopic (exact) mass is 220 g/mol. The number of benzene rings is 1. The molecule has 1 aromatic rings. The first-order valence-corrected chi connectivity index (χ1v) is 5.00. The highest BCUT2D eigenvalue weighted by Gasteiger charge is 2.02. The van der Waals surface area contributed by atoms with Crippen molar-refractivity contribution < 1.29 is 4.79 Å². The van der Waals surface area contributed by atoms with Crippen molar-refractivity contribution in [1.82, 2.24) is 5.32 Å². The molecule has 0 spiro atoms. The van der Waals surface area contributed by atoms with Gasteiger partial charge in [-0.2, -0.15) is 0 Å². The highest BCUT2D eigenvalue weighted by atomic mass is 16.1. The van der Waals surface area contributed by atoms with E-state index in [9.17, 15) is 4.79 Å². The van der Waals surface area contributed by atoms with E-state index in [1.807, 2.05) is 19.1 Å².